The average Bonchev–Trinajstić information content (AvgIpc) is 2.38. The number of nitrogens with two attached hydrogens (primary N) is 1. The maximum absolute atomic E-state index is 11.5. The van der Waals surface area contributed by atoms with Gasteiger partial charge in [-0.1, -0.05) is 60.2 Å². The second-order valence-electron chi connectivity index (χ2n) is 4.20. The molecular weight excluding hydrogens is 222 g/mol. The van der Waals surface area contributed by atoms with Crippen molar-refractivity contribution in [3.05, 3.63) is 71.3 Å². The molecule has 0 aliphatic rings. The third kappa shape index (κ3) is 2.86. The van der Waals surface area contributed by atoms with Gasteiger partial charge in [0.05, 0.1) is 0 Å². The van der Waals surface area contributed by atoms with Crippen LogP contribution in [0.5, 0.6) is 0 Å². The Kier molecular flexibility index (Phi) is 3.58. The van der Waals surface area contributed by atoms with Gasteiger partial charge in [0.2, 0.25) is 5.91 Å². The fourth-order valence-corrected chi connectivity index (χ4v) is 1.74. The summed E-state index contributed by atoms with van der Waals surface area (Å²) in [6, 6.07) is 17.4. The maximum Gasteiger partial charge on any atom is 0.249 e. The lowest BCUT2D eigenvalue weighted by molar-refractivity contribution is -0.112. The fraction of sp³-hybridized carbons (Fsp3) is 0.0625. The van der Waals surface area contributed by atoms with Crippen LogP contribution in [0.2, 0.25) is 0 Å². The van der Waals surface area contributed by atoms with Gasteiger partial charge in [-0.25, -0.2) is 0 Å². The van der Waals surface area contributed by atoms with Crippen molar-refractivity contribution < 1.29 is 4.79 Å². The van der Waals surface area contributed by atoms with E-state index in [-0.39, 0.29) is 0 Å². The Hall–Kier alpha value is -2.35. The van der Waals surface area contributed by atoms with Crippen LogP contribution in [-0.4, -0.2) is 5.91 Å². The van der Waals surface area contributed by atoms with Crippen molar-refractivity contribution in [2.75, 3.05) is 0 Å². The predicted molar refractivity (Wildman–Crippen MR) is 74.7 cm³/mol. The molecule has 0 atom stereocenters. The molecule has 2 heteroatoms. The first-order valence-corrected chi connectivity index (χ1v) is 5.80. The summed E-state index contributed by atoms with van der Waals surface area (Å²) in [5, 5.41) is 0. The number of hydrogen-bond acceptors (Lipinski definition) is 1. The van der Waals surface area contributed by atoms with Crippen LogP contribution in [0.15, 0.2) is 54.6 Å². The molecule has 18 heavy (non-hydrogen) atoms. The summed E-state index contributed by atoms with van der Waals surface area (Å²) >= 11 is 0. The minimum atomic E-state index is -0.415. The van der Waals surface area contributed by atoms with Crippen molar-refractivity contribution in [2.45, 2.75) is 6.92 Å². The van der Waals surface area contributed by atoms with E-state index in [9.17, 15) is 4.79 Å². The molecule has 0 fully saturated rings. The van der Waals surface area contributed by atoms with Gasteiger partial charge in [-0.2, -0.15) is 0 Å². The highest BCUT2D eigenvalue weighted by Crippen LogP contribution is 2.18. The van der Waals surface area contributed by atoms with Crippen LogP contribution in [-0.2, 0) is 4.79 Å². The number of benzene rings is 2. The van der Waals surface area contributed by atoms with Gasteiger partial charge in [0.15, 0.2) is 0 Å². The summed E-state index contributed by atoms with van der Waals surface area (Å²) in [5.41, 5.74) is 8.96. The quantitative estimate of drug-likeness (QED) is 0.647. The molecule has 2 nitrogen and oxygen atoms in total. The molecular formula is C16H15NO. The average molecular weight is 237 g/mol. The first-order chi connectivity index (χ1) is 8.66. The lowest BCUT2D eigenvalue weighted by Crippen LogP contribution is -2.12. The molecule has 0 aliphatic carbocycles. The van der Waals surface area contributed by atoms with E-state index in [1.165, 1.54) is 5.56 Å². The van der Waals surface area contributed by atoms with Crippen LogP contribution in [0.3, 0.4) is 0 Å². The summed E-state index contributed by atoms with van der Waals surface area (Å²) in [4.78, 5) is 11.5. The Bertz CT molecular complexity index is 568. The zero-order chi connectivity index (χ0) is 13.0. The van der Waals surface area contributed by atoms with Crippen LogP contribution < -0.4 is 5.73 Å². The van der Waals surface area contributed by atoms with Crippen molar-refractivity contribution in [2.24, 2.45) is 5.73 Å². The fourth-order valence-electron chi connectivity index (χ4n) is 1.74. The van der Waals surface area contributed by atoms with Gasteiger partial charge in [-0.05, 0) is 24.1 Å². The Balaban J connectivity index is 2.43. The number of carbonyl (C=O) groups is 1. The van der Waals surface area contributed by atoms with Gasteiger partial charge in [0, 0.05) is 5.57 Å². The molecule has 0 saturated carbocycles. The molecule has 1 amide bonds. The van der Waals surface area contributed by atoms with Crippen molar-refractivity contribution in [1.29, 1.82) is 0 Å². The number of hydrogen-bond donors (Lipinski definition) is 1. The molecule has 0 heterocycles. The van der Waals surface area contributed by atoms with Crippen molar-refractivity contribution in [3.8, 4) is 0 Å². The molecule has 2 N–H and O–H groups in total. The summed E-state index contributed by atoms with van der Waals surface area (Å²) in [7, 11) is 0. The highest BCUT2D eigenvalue weighted by Gasteiger charge is 2.07. The maximum atomic E-state index is 11.5. The minimum absolute atomic E-state index is 0.415. The normalized spacial score (nSPS) is 11.3. The first-order valence-electron chi connectivity index (χ1n) is 5.80. The smallest absolute Gasteiger partial charge is 0.249 e. The number of rotatable bonds is 3. The monoisotopic (exact) mass is 237 g/mol. The van der Waals surface area contributed by atoms with Crippen LogP contribution in [0.4, 0.5) is 0 Å². The Morgan fingerprint density at radius 1 is 1.00 bits per heavy atom. The van der Waals surface area contributed by atoms with Gasteiger partial charge in [0.1, 0.15) is 0 Å². The molecule has 90 valence electrons. The summed E-state index contributed by atoms with van der Waals surface area (Å²) in [6.45, 7) is 2.03. The van der Waals surface area contributed by atoms with Gasteiger partial charge >= 0.3 is 0 Å². The van der Waals surface area contributed by atoms with E-state index in [4.69, 9.17) is 5.73 Å². The Morgan fingerprint density at radius 2 is 1.61 bits per heavy atom. The van der Waals surface area contributed by atoms with Crippen LogP contribution >= 0.6 is 0 Å². The summed E-state index contributed by atoms with van der Waals surface area (Å²) in [6.07, 6.45) is 1.82. The zero-order valence-corrected chi connectivity index (χ0v) is 10.3. The topological polar surface area (TPSA) is 43.1 Å². The van der Waals surface area contributed by atoms with E-state index in [1.54, 1.807) is 0 Å². The lowest BCUT2D eigenvalue weighted by atomic mass is 10.0. The predicted octanol–water partition coefficient (Wildman–Crippen LogP) is 3.02. The molecule has 2 aromatic carbocycles. The number of primary amides is 1. The molecule has 2 rings (SSSR count). The van der Waals surface area contributed by atoms with E-state index in [2.05, 4.69) is 0 Å². The first kappa shape index (κ1) is 12.1. The van der Waals surface area contributed by atoms with Crippen LogP contribution in [0, 0.1) is 6.92 Å². The molecule has 0 saturated heterocycles. The van der Waals surface area contributed by atoms with Crippen molar-refractivity contribution in [1.82, 2.24) is 0 Å². The third-order valence-corrected chi connectivity index (χ3v) is 2.74. The second-order valence-corrected chi connectivity index (χ2v) is 4.20. The second kappa shape index (κ2) is 5.32. The highest BCUT2D eigenvalue weighted by atomic mass is 16.1. The Morgan fingerprint density at radius 3 is 2.17 bits per heavy atom. The van der Waals surface area contributed by atoms with Crippen LogP contribution in [0.1, 0.15) is 16.7 Å². The molecule has 0 aromatic heterocycles. The largest absolute Gasteiger partial charge is 0.366 e. The van der Waals surface area contributed by atoms with Crippen molar-refractivity contribution in [3.63, 3.8) is 0 Å². The Labute approximate surface area is 107 Å². The number of amides is 1. The SMILES string of the molecule is Cc1ccc(C=C(C(N)=O)c2ccccc2)cc1. The number of aryl methyl sites for hydroxylation is 1. The molecule has 0 aliphatic heterocycles. The highest BCUT2D eigenvalue weighted by molar-refractivity contribution is 6.23. The van der Waals surface area contributed by atoms with E-state index >= 15 is 0 Å². The molecule has 0 bridgehead atoms. The zero-order valence-electron chi connectivity index (χ0n) is 10.3. The summed E-state index contributed by atoms with van der Waals surface area (Å²) < 4.78 is 0. The van der Waals surface area contributed by atoms with Gasteiger partial charge in [0.25, 0.3) is 0 Å². The minimum Gasteiger partial charge on any atom is -0.366 e. The third-order valence-electron chi connectivity index (χ3n) is 2.74. The van der Waals surface area contributed by atoms with Gasteiger partial charge < -0.3 is 5.73 Å². The van der Waals surface area contributed by atoms with Crippen LogP contribution in [0.25, 0.3) is 11.6 Å². The molecule has 0 unspecified atom stereocenters. The van der Waals surface area contributed by atoms with E-state index < -0.39 is 5.91 Å². The molecule has 0 spiro atoms. The van der Waals surface area contributed by atoms with Gasteiger partial charge in [-0.15, -0.1) is 0 Å². The van der Waals surface area contributed by atoms with Crippen molar-refractivity contribution >= 4 is 17.6 Å². The van der Waals surface area contributed by atoms with Gasteiger partial charge in [-0.3, -0.25) is 4.79 Å². The van der Waals surface area contributed by atoms with E-state index in [0.717, 1.165) is 11.1 Å². The molecule has 0 radical (unpaired) electrons. The standard InChI is InChI=1S/C16H15NO/c1-12-7-9-13(10-8-12)11-15(16(17)18)14-5-3-2-4-6-14/h2-11H,1H3,(H2,17,18). The number of carbonyl (C=O) groups excluding carboxylic acids is 1. The lowest BCUT2D eigenvalue weighted by Gasteiger charge is -2.04. The van der Waals surface area contributed by atoms with E-state index in [1.807, 2.05) is 67.6 Å². The summed E-state index contributed by atoms with van der Waals surface area (Å²) in [5.74, 6) is -0.415. The molecule has 2 aromatic rings. The van der Waals surface area contributed by atoms with E-state index in [0.29, 0.717) is 5.57 Å².